The molecule has 0 aliphatic heterocycles. The second-order valence-corrected chi connectivity index (χ2v) is 2.63. The summed E-state index contributed by atoms with van der Waals surface area (Å²) in [5.41, 5.74) is 0. The van der Waals surface area contributed by atoms with Crippen LogP contribution < -0.4 is 0 Å². The van der Waals surface area contributed by atoms with Crippen molar-refractivity contribution in [2.45, 2.75) is 32.1 Å². The van der Waals surface area contributed by atoms with Gasteiger partial charge in [0.05, 0.1) is 13.0 Å². The van der Waals surface area contributed by atoms with Gasteiger partial charge in [0, 0.05) is 19.4 Å². The summed E-state index contributed by atoms with van der Waals surface area (Å²) >= 11 is 0. The Bertz CT molecular complexity index is 159. The molecule has 0 atom stereocenters. The molecule has 3 nitrogen and oxygen atoms in total. The molecule has 0 saturated carbocycles. The van der Waals surface area contributed by atoms with Gasteiger partial charge in [0.2, 0.25) is 0 Å². The number of aliphatic hydroxyl groups is 1. The van der Waals surface area contributed by atoms with Gasteiger partial charge in [-0.15, -0.1) is 0 Å². The summed E-state index contributed by atoms with van der Waals surface area (Å²) in [5.74, 6) is -3.60. The smallest absolute Gasteiger partial charge is 0.305 e. The maximum absolute atomic E-state index is 12.7. The van der Waals surface area contributed by atoms with Crippen LogP contribution in [0.25, 0.3) is 0 Å². The van der Waals surface area contributed by atoms with E-state index >= 15 is 0 Å². The Labute approximate surface area is 75.7 Å². The van der Waals surface area contributed by atoms with Crippen molar-refractivity contribution in [2.24, 2.45) is 0 Å². The fourth-order valence-electron chi connectivity index (χ4n) is 0.807. The van der Waals surface area contributed by atoms with Gasteiger partial charge in [0.15, 0.2) is 0 Å². The van der Waals surface area contributed by atoms with Crippen LogP contribution in [0.15, 0.2) is 0 Å². The van der Waals surface area contributed by atoms with Gasteiger partial charge in [-0.3, -0.25) is 4.79 Å². The van der Waals surface area contributed by atoms with E-state index in [0.29, 0.717) is 0 Å². The van der Waals surface area contributed by atoms with Crippen LogP contribution in [0.2, 0.25) is 0 Å². The zero-order valence-corrected chi connectivity index (χ0v) is 7.56. The quantitative estimate of drug-likeness (QED) is 0.652. The largest absolute Gasteiger partial charge is 0.466 e. The Hall–Kier alpha value is -0.710. The third-order valence-electron chi connectivity index (χ3n) is 1.48. The first-order valence-electron chi connectivity index (χ1n) is 4.16. The number of carbonyl (C=O) groups excluding carboxylic acids is 1. The minimum absolute atomic E-state index is 0.199. The van der Waals surface area contributed by atoms with Gasteiger partial charge < -0.3 is 9.84 Å². The van der Waals surface area contributed by atoms with Crippen molar-refractivity contribution >= 4 is 5.97 Å². The SMILES string of the molecule is CCOC(=O)CCC(F)(F)CCO. The van der Waals surface area contributed by atoms with Crippen LogP contribution in [0, 0.1) is 0 Å². The molecule has 0 saturated heterocycles. The van der Waals surface area contributed by atoms with Crippen molar-refractivity contribution < 1.29 is 23.4 Å². The van der Waals surface area contributed by atoms with Crippen molar-refractivity contribution in [1.29, 1.82) is 0 Å². The average molecular weight is 196 g/mol. The van der Waals surface area contributed by atoms with Crippen molar-refractivity contribution in [3.63, 3.8) is 0 Å². The molecule has 0 rings (SSSR count). The van der Waals surface area contributed by atoms with Crippen LogP contribution >= 0.6 is 0 Å². The highest BCUT2D eigenvalue weighted by atomic mass is 19.3. The Morgan fingerprint density at radius 2 is 2.08 bits per heavy atom. The van der Waals surface area contributed by atoms with Crippen LogP contribution in [0.3, 0.4) is 0 Å². The molecule has 0 fully saturated rings. The maximum atomic E-state index is 12.7. The molecule has 0 aromatic rings. The molecule has 0 radical (unpaired) electrons. The van der Waals surface area contributed by atoms with Gasteiger partial charge in [0.1, 0.15) is 0 Å². The highest BCUT2D eigenvalue weighted by Crippen LogP contribution is 2.23. The molecule has 0 aliphatic carbocycles. The van der Waals surface area contributed by atoms with E-state index in [4.69, 9.17) is 5.11 Å². The van der Waals surface area contributed by atoms with Crippen LogP contribution in [0.1, 0.15) is 26.2 Å². The lowest BCUT2D eigenvalue weighted by atomic mass is 10.1. The highest BCUT2D eigenvalue weighted by molar-refractivity contribution is 5.69. The van der Waals surface area contributed by atoms with Crippen LogP contribution in [0.5, 0.6) is 0 Å². The van der Waals surface area contributed by atoms with E-state index in [-0.39, 0.29) is 13.0 Å². The second kappa shape index (κ2) is 5.85. The fourth-order valence-corrected chi connectivity index (χ4v) is 0.807. The molecule has 13 heavy (non-hydrogen) atoms. The number of esters is 1. The average Bonchev–Trinajstić information content (AvgIpc) is 2.02. The van der Waals surface area contributed by atoms with E-state index in [9.17, 15) is 13.6 Å². The molecule has 1 N–H and O–H groups in total. The Morgan fingerprint density at radius 1 is 1.46 bits per heavy atom. The first kappa shape index (κ1) is 12.3. The summed E-state index contributed by atoms with van der Waals surface area (Å²) in [4.78, 5) is 10.7. The first-order valence-corrected chi connectivity index (χ1v) is 4.16. The van der Waals surface area contributed by atoms with E-state index < -0.39 is 31.3 Å². The topological polar surface area (TPSA) is 46.5 Å². The lowest BCUT2D eigenvalue weighted by Gasteiger charge is -2.13. The summed E-state index contributed by atoms with van der Waals surface area (Å²) in [6.45, 7) is 1.24. The van der Waals surface area contributed by atoms with E-state index in [1.54, 1.807) is 6.92 Å². The predicted octanol–water partition coefficient (Wildman–Crippen LogP) is 1.35. The number of alkyl halides is 2. The molecule has 0 aromatic carbocycles. The highest BCUT2D eigenvalue weighted by Gasteiger charge is 2.28. The minimum atomic E-state index is -2.97. The van der Waals surface area contributed by atoms with E-state index in [1.165, 1.54) is 0 Å². The molecule has 0 heterocycles. The number of rotatable bonds is 6. The molecular weight excluding hydrogens is 182 g/mol. The Balaban J connectivity index is 3.67. The normalized spacial score (nSPS) is 11.4. The summed E-state index contributed by atoms with van der Waals surface area (Å²) < 4.78 is 29.8. The number of carbonyl (C=O) groups is 1. The van der Waals surface area contributed by atoms with Crippen LogP contribution in [-0.2, 0) is 9.53 Å². The summed E-state index contributed by atoms with van der Waals surface area (Å²) in [6.07, 6.45) is -1.47. The maximum Gasteiger partial charge on any atom is 0.305 e. The molecule has 5 heteroatoms. The number of halogens is 2. The molecule has 0 amide bonds. The monoisotopic (exact) mass is 196 g/mol. The number of aliphatic hydroxyl groups excluding tert-OH is 1. The van der Waals surface area contributed by atoms with E-state index in [2.05, 4.69) is 4.74 Å². The molecule has 78 valence electrons. The molecule has 0 bridgehead atoms. The Kier molecular flexibility index (Phi) is 5.53. The first-order chi connectivity index (χ1) is 6.02. The van der Waals surface area contributed by atoms with Crippen LogP contribution in [-0.4, -0.2) is 30.2 Å². The molecule has 0 spiro atoms. The van der Waals surface area contributed by atoms with Crippen LogP contribution in [0.4, 0.5) is 8.78 Å². The molecule has 0 aliphatic rings. The lowest BCUT2D eigenvalue weighted by Crippen LogP contribution is -2.20. The fraction of sp³-hybridized carbons (Fsp3) is 0.875. The van der Waals surface area contributed by atoms with Gasteiger partial charge in [-0.1, -0.05) is 0 Å². The molecule has 0 aromatic heterocycles. The van der Waals surface area contributed by atoms with Gasteiger partial charge >= 0.3 is 5.97 Å². The van der Waals surface area contributed by atoms with E-state index in [0.717, 1.165) is 0 Å². The minimum Gasteiger partial charge on any atom is -0.466 e. The summed E-state index contributed by atoms with van der Waals surface area (Å²) in [6, 6.07) is 0. The standard InChI is InChI=1S/C8H14F2O3/c1-2-13-7(12)3-4-8(9,10)5-6-11/h11H,2-6H2,1H3. The van der Waals surface area contributed by atoms with Gasteiger partial charge in [-0.2, -0.15) is 0 Å². The zero-order valence-electron chi connectivity index (χ0n) is 7.56. The predicted molar refractivity (Wildman–Crippen MR) is 42.5 cm³/mol. The second-order valence-electron chi connectivity index (χ2n) is 2.63. The van der Waals surface area contributed by atoms with Crippen molar-refractivity contribution in [3.05, 3.63) is 0 Å². The summed E-state index contributed by atoms with van der Waals surface area (Å²) in [7, 11) is 0. The number of hydrogen-bond donors (Lipinski definition) is 1. The van der Waals surface area contributed by atoms with E-state index in [1.807, 2.05) is 0 Å². The van der Waals surface area contributed by atoms with Crippen molar-refractivity contribution in [1.82, 2.24) is 0 Å². The number of hydrogen-bond acceptors (Lipinski definition) is 3. The lowest BCUT2D eigenvalue weighted by molar-refractivity contribution is -0.145. The molecule has 0 unspecified atom stereocenters. The molecular formula is C8H14F2O3. The van der Waals surface area contributed by atoms with Gasteiger partial charge in [0.25, 0.3) is 5.92 Å². The third-order valence-corrected chi connectivity index (χ3v) is 1.48. The summed E-state index contributed by atoms with van der Waals surface area (Å²) in [5, 5.41) is 8.27. The zero-order chi connectivity index (χ0) is 10.3. The third kappa shape index (κ3) is 6.45. The van der Waals surface area contributed by atoms with Crippen molar-refractivity contribution in [2.75, 3.05) is 13.2 Å². The van der Waals surface area contributed by atoms with Crippen molar-refractivity contribution in [3.8, 4) is 0 Å². The Morgan fingerprint density at radius 3 is 2.54 bits per heavy atom. The number of ether oxygens (including phenoxy) is 1. The van der Waals surface area contributed by atoms with Gasteiger partial charge in [-0.05, 0) is 6.92 Å². The van der Waals surface area contributed by atoms with Gasteiger partial charge in [-0.25, -0.2) is 8.78 Å².